The van der Waals surface area contributed by atoms with Gasteiger partial charge in [-0.3, -0.25) is 5.43 Å². The van der Waals surface area contributed by atoms with Crippen LogP contribution in [0.3, 0.4) is 0 Å². The molecule has 46 heavy (non-hydrogen) atoms. The van der Waals surface area contributed by atoms with Gasteiger partial charge in [-0.05, 0) is 82.9 Å². The Bertz CT molecular complexity index is 1620. The molecule has 4 N–H and O–H groups in total. The highest BCUT2D eigenvalue weighted by Crippen LogP contribution is 2.37. The second kappa shape index (κ2) is 16.2. The number of aliphatic hydroxyl groups excluding tert-OH is 1. The fourth-order valence-electron chi connectivity index (χ4n) is 4.51. The van der Waals surface area contributed by atoms with Gasteiger partial charge in [-0.1, -0.05) is 29.8 Å². The van der Waals surface area contributed by atoms with Crippen LogP contribution in [-0.2, 0) is 16.1 Å². The standard InChI is InChI=1S/C32H34BrClN4O8/c1-5-44-25-14-21(29-28(31(40)43-4)18(2)36-32(41)37-29)8-11-24(25)45-17-27(39)38-35-15-20-12-23(33)30(26(13-20)42-3)46-16-19-6-9-22(34)10-7-19/h6-15,27,29,38-39H,5,16-17H2,1-4H3,(H2,36,37,41)/b35-15-/t27-,29-/m0/s1. The molecule has 2 amide bonds. The largest absolute Gasteiger partial charge is 0.493 e. The summed E-state index contributed by atoms with van der Waals surface area (Å²) in [6.07, 6.45) is 0.347. The summed E-state index contributed by atoms with van der Waals surface area (Å²) >= 11 is 9.48. The number of methoxy groups -OCH3 is 2. The van der Waals surface area contributed by atoms with Gasteiger partial charge < -0.3 is 39.4 Å². The molecule has 1 aliphatic rings. The number of esters is 1. The summed E-state index contributed by atoms with van der Waals surface area (Å²) in [6.45, 7) is 3.91. The van der Waals surface area contributed by atoms with E-state index in [1.165, 1.54) is 13.3 Å². The topological polar surface area (TPSA) is 149 Å². The van der Waals surface area contributed by atoms with Crippen molar-refractivity contribution in [2.45, 2.75) is 32.7 Å². The van der Waals surface area contributed by atoms with Gasteiger partial charge in [0.1, 0.15) is 13.2 Å². The number of urea groups is 1. The Labute approximate surface area is 279 Å². The van der Waals surface area contributed by atoms with E-state index in [-0.39, 0.29) is 12.2 Å². The third-order valence-electron chi connectivity index (χ3n) is 6.66. The number of nitrogens with one attached hydrogen (secondary N) is 3. The summed E-state index contributed by atoms with van der Waals surface area (Å²) in [7, 11) is 2.81. The predicted octanol–water partition coefficient (Wildman–Crippen LogP) is 5.21. The number of carbonyl (C=O) groups is 2. The molecule has 1 aliphatic heterocycles. The third kappa shape index (κ3) is 8.83. The number of benzene rings is 3. The monoisotopic (exact) mass is 716 g/mol. The van der Waals surface area contributed by atoms with Crippen LogP contribution in [-0.4, -0.2) is 57.0 Å². The molecule has 12 nitrogen and oxygen atoms in total. The van der Waals surface area contributed by atoms with Crippen LogP contribution >= 0.6 is 27.5 Å². The number of nitrogens with zero attached hydrogens (tertiary/aromatic N) is 1. The van der Waals surface area contributed by atoms with Gasteiger partial charge in [0.25, 0.3) is 0 Å². The highest BCUT2D eigenvalue weighted by molar-refractivity contribution is 9.10. The second-order valence-electron chi connectivity index (χ2n) is 9.86. The molecule has 0 unspecified atom stereocenters. The highest BCUT2D eigenvalue weighted by atomic mass is 79.9. The van der Waals surface area contributed by atoms with Gasteiger partial charge in [0.15, 0.2) is 29.2 Å². The molecule has 244 valence electrons. The minimum absolute atomic E-state index is 0.169. The lowest BCUT2D eigenvalue weighted by Crippen LogP contribution is -2.45. The van der Waals surface area contributed by atoms with Gasteiger partial charge in [-0.25, -0.2) is 9.59 Å². The van der Waals surface area contributed by atoms with Gasteiger partial charge in [-0.2, -0.15) is 5.10 Å². The number of amides is 2. The predicted molar refractivity (Wildman–Crippen MR) is 175 cm³/mol. The van der Waals surface area contributed by atoms with E-state index in [9.17, 15) is 14.7 Å². The number of carbonyl (C=O) groups excluding carboxylic acids is 2. The minimum atomic E-state index is -1.17. The minimum Gasteiger partial charge on any atom is -0.493 e. The van der Waals surface area contributed by atoms with Gasteiger partial charge in [0.2, 0.25) is 0 Å². The van der Waals surface area contributed by atoms with Crippen molar-refractivity contribution in [1.29, 1.82) is 0 Å². The summed E-state index contributed by atoms with van der Waals surface area (Å²) in [6, 6.07) is 14.7. The van der Waals surface area contributed by atoms with Crippen LogP contribution in [0.2, 0.25) is 5.02 Å². The Morgan fingerprint density at radius 3 is 2.54 bits per heavy atom. The number of hydrogen-bond donors (Lipinski definition) is 4. The molecule has 3 aromatic carbocycles. The van der Waals surface area contributed by atoms with Crippen LogP contribution < -0.4 is 35.0 Å². The van der Waals surface area contributed by atoms with E-state index in [4.69, 9.17) is 35.3 Å². The zero-order valence-corrected chi connectivity index (χ0v) is 27.9. The van der Waals surface area contributed by atoms with Crippen LogP contribution in [0.15, 0.2) is 75.4 Å². The first kappa shape index (κ1) is 34.4. The fourth-order valence-corrected chi connectivity index (χ4v) is 5.21. The van der Waals surface area contributed by atoms with E-state index in [2.05, 4.69) is 37.1 Å². The van der Waals surface area contributed by atoms with Gasteiger partial charge in [0, 0.05) is 10.7 Å². The van der Waals surface area contributed by atoms with Crippen molar-refractivity contribution in [2.75, 3.05) is 27.4 Å². The normalized spacial score (nSPS) is 15.1. The molecule has 3 aromatic rings. The number of hydrogen-bond acceptors (Lipinski definition) is 10. The quantitative estimate of drug-likeness (QED) is 0.0764. The Balaban J connectivity index is 1.38. The van der Waals surface area contributed by atoms with Gasteiger partial charge in [0.05, 0.1) is 43.1 Å². The Morgan fingerprint density at radius 1 is 1.09 bits per heavy atom. The summed E-state index contributed by atoms with van der Waals surface area (Å²) in [4.78, 5) is 24.6. The number of hydrazone groups is 1. The molecule has 2 atom stereocenters. The molecule has 14 heteroatoms. The zero-order valence-electron chi connectivity index (χ0n) is 25.6. The van der Waals surface area contributed by atoms with Crippen LogP contribution in [0, 0.1) is 0 Å². The van der Waals surface area contributed by atoms with Crippen molar-refractivity contribution in [3.8, 4) is 23.0 Å². The number of allylic oxidation sites excluding steroid dienone is 1. The number of aliphatic hydroxyl groups is 1. The number of ether oxygens (including phenoxy) is 5. The Hall–Kier alpha value is -4.46. The van der Waals surface area contributed by atoms with Crippen LogP contribution in [0.25, 0.3) is 0 Å². The summed E-state index contributed by atoms with van der Waals surface area (Å²) in [5, 5.41) is 20.6. The average Bonchev–Trinajstić information content (AvgIpc) is 3.03. The van der Waals surface area contributed by atoms with Crippen molar-refractivity contribution >= 4 is 45.7 Å². The second-order valence-corrected chi connectivity index (χ2v) is 11.2. The van der Waals surface area contributed by atoms with Crippen molar-refractivity contribution in [3.63, 3.8) is 0 Å². The van der Waals surface area contributed by atoms with Gasteiger partial charge >= 0.3 is 12.0 Å². The molecular formula is C32H34BrClN4O8. The summed E-state index contributed by atoms with van der Waals surface area (Å²) in [5.74, 6) is 1.16. The van der Waals surface area contributed by atoms with Crippen molar-refractivity contribution < 1.29 is 38.4 Å². The summed E-state index contributed by atoms with van der Waals surface area (Å²) in [5.41, 5.74) is 5.48. The highest BCUT2D eigenvalue weighted by Gasteiger charge is 2.32. The maximum absolute atomic E-state index is 12.5. The van der Waals surface area contributed by atoms with E-state index >= 15 is 0 Å². The number of halogens is 2. The molecule has 1 heterocycles. The van der Waals surface area contributed by atoms with E-state index in [0.717, 1.165) is 5.56 Å². The maximum atomic E-state index is 12.5. The molecule has 0 aliphatic carbocycles. The first-order valence-corrected chi connectivity index (χ1v) is 15.3. The molecule has 0 spiro atoms. The smallest absolute Gasteiger partial charge is 0.337 e. The van der Waals surface area contributed by atoms with Crippen molar-refractivity contribution in [1.82, 2.24) is 16.1 Å². The molecule has 0 saturated carbocycles. The molecule has 0 aromatic heterocycles. The molecule has 0 bridgehead atoms. The van der Waals surface area contributed by atoms with E-state index in [1.54, 1.807) is 56.5 Å². The van der Waals surface area contributed by atoms with Crippen molar-refractivity contribution in [3.05, 3.63) is 92.1 Å². The first-order chi connectivity index (χ1) is 22.1. The molecule has 0 saturated heterocycles. The van der Waals surface area contributed by atoms with Crippen LogP contribution in [0.5, 0.6) is 23.0 Å². The molecular weight excluding hydrogens is 684 g/mol. The van der Waals surface area contributed by atoms with E-state index in [0.29, 0.717) is 62.5 Å². The maximum Gasteiger partial charge on any atom is 0.337 e. The Kier molecular flexibility index (Phi) is 12.1. The third-order valence-corrected chi connectivity index (χ3v) is 7.50. The zero-order chi connectivity index (χ0) is 33.2. The Morgan fingerprint density at radius 2 is 1.85 bits per heavy atom. The average molecular weight is 718 g/mol. The lowest BCUT2D eigenvalue weighted by molar-refractivity contribution is -0.136. The molecule has 0 radical (unpaired) electrons. The van der Waals surface area contributed by atoms with E-state index < -0.39 is 24.3 Å². The first-order valence-electron chi connectivity index (χ1n) is 14.1. The van der Waals surface area contributed by atoms with Crippen LogP contribution in [0.4, 0.5) is 4.79 Å². The molecule has 0 fully saturated rings. The lowest BCUT2D eigenvalue weighted by Gasteiger charge is -2.28. The fraction of sp³-hybridized carbons (Fsp3) is 0.281. The van der Waals surface area contributed by atoms with Crippen LogP contribution in [0.1, 0.15) is 36.6 Å². The summed E-state index contributed by atoms with van der Waals surface area (Å²) < 4.78 is 28.6. The van der Waals surface area contributed by atoms with Crippen molar-refractivity contribution in [2.24, 2.45) is 5.10 Å². The SMILES string of the molecule is CCOc1cc([C@@H]2NC(=O)NC(C)=C2C(=O)OC)ccc1OC[C@H](O)N/N=C\c1cc(Br)c(OCc2ccc(Cl)cc2)c(OC)c1. The number of rotatable bonds is 14. The van der Waals surface area contributed by atoms with E-state index in [1.807, 2.05) is 19.1 Å². The lowest BCUT2D eigenvalue weighted by atomic mass is 9.95. The van der Waals surface area contributed by atoms with Gasteiger partial charge in [-0.15, -0.1) is 0 Å². The molecule has 4 rings (SSSR count).